The van der Waals surface area contributed by atoms with E-state index in [4.69, 9.17) is 0 Å². The Kier molecular flexibility index (Phi) is 8.84. The Balaban J connectivity index is 1.68. The van der Waals surface area contributed by atoms with Crippen molar-refractivity contribution in [2.45, 2.75) is 19.4 Å². The first kappa shape index (κ1) is 21.0. The Morgan fingerprint density at radius 2 is 1.70 bits per heavy atom. The van der Waals surface area contributed by atoms with Gasteiger partial charge in [-0.1, -0.05) is 64.5 Å². The number of hydrogen-bond donors (Lipinski definition) is 2. The molecule has 0 heterocycles. The molecule has 2 rings (SSSR count). The van der Waals surface area contributed by atoms with Gasteiger partial charge in [0.2, 0.25) is 5.91 Å². The molecule has 0 aliphatic heterocycles. The van der Waals surface area contributed by atoms with Crippen LogP contribution in [0.25, 0.3) is 0 Å². The monoisotopic (exact) mass is 430 g/mol. The lowest BCUT2D eigenvalue weighted by molar-refractivity contribution is -0.130. The van der Waals surface area contributed by atoms with Crippen LogP contribution in [0, 0.1) is 0 Å². The molecule has 2 aromatic carbocycles. The van der Waals surface area contributed by atoms with Crippen molar-refractivity contribution in [2.75, 3.05) is 27.2 Å². The Morgan fingerprint density at radius 1 is 1.04 bits per heavy atom. The lowest BCUT2D eigenvalue weighted by Crippen LogP contribution is -2.40. The van der Waals surface area contributed by atoms with E-state index in [0.29, 0.717) is 25.5 Å². The van der Waals surface area contributed by atoms with Crippen LogP contribution in [0.2, 0.25) is 0 Å². The van der Waals surface area contributed by atoms with Crippen LogP contribution in [0.3, 0.4) is 0 Å². The Hall–Kier alpha value is -2.34. The number of rotatable bonds is 8. The van der Waals surface area contributed by atoms with Gasteiger partial charge in [0.15, 0.2) is 5.96 Å². The van der Waals surface area contributed by atoms with Crippen LogP contribution < -0.4 is 10.6 Å². The molecule has 0 aliphatic carbocycles. The molecule has 0 radical (unpaired) electrons. The molecule has 2 N–H and O–H groups in total. The van der Waals surface area contributed by atoms with Gasteiger partial charge in [-0.15, -0.1) is 0 Å². The van der Waals surface area contributed by atoms with Crippen LogP contribution in [0.1, 0.15) is 17.5 Å². The quantitative estimate of drug-likeness (QED) is 0.499. The summed E-state index contributed by atoms with van der Waals surface area (Å²) < 4.78 is 1.02. The van der Waals surface area contributed by atoms with E-state index in [1.54, 1.807) is 11.9 Å². The van der Waals surface area contributed by atoms with Gasteiger partial charge in [0.25, 0.3) is 0 Å². The summed E-state index contributed by atoms with van der Waals surface area (Å²) in [5.74, 6) is 0.810. The number of amides is 1. The highest BCUT2D eigenvalue weighted by Crippen LogP contribution is 2.17. The van der Waals surface area contributed by atoms with Gasteiger partial charge in [-0.3, -0.25) is 9.79 Å². The fraction of sp³-hybridized carbons (Fsp3) is 0.333. The number of nitrogens with zero attached hydrogens (tertiary/aromatic N) is 2. The fourth-order valence-corrected chi connectivity index (χ4v) is 3.05. The topological polar surface area (TPSA) is 56.7 Å². The van der Waals surface area contributed by atoms with E-state index in [2.05, 4.69) is 43.7 Å². The highest BCUT2D eigenvalue weighted by Gasteiger charge is 2.10. The van der Waals surface area contributed by atoms with E-state index in [0.717, 1.165) is 23.0 Å². The second-order valence-corrected chi connectivity index (χ2v) is 7.11. The van der Waals surface area contributed by atoms with Crippen LogP contribution in [0.4, 0.5) is 0 Å². The molecule has 0 spiro atoms. The largest absolute Gasteiger partial charge is 0.356 e. The van der Waals surface area contributed by atoms with Gasteiger partial charge in [-0.25, -0.2) is 0 Å². The molecule has 0 unspecified atom stereocenters. The third kappa shape index (κ3) is 7.43. The molecular weight excluding hydrogens is 404 g/mol. The van der Waals surface area contributed by atoms with E-state index in [9.17, 15) is 4.79 Å². The lowest BCUT2D eigenvalue weighted by Gasteiger charge is -2.19. The number of carbonyl (C=O) groups excluding carboxylic acids is 1. The van der Waals surface area contributed by atoms with Crippen molar-refractivity contribution < 1.29 is 4.79 Å². The van der Waals surface area contributed by atoms with Crippen LogP contribution in [0.15, 0.2) is 64.1 Å². The average molecular weight is 431 g/mol. The molecule has 0 fully saturated rings. The highest BCUT2D eigenvalue weighted by atomic mass is 79.9. The Morgan fingerprint density at radius 3 is 2.41 bits per heavy atom. The van der Waals surface area contributed by atoms with Crippen molar-refractivity contribution in [1.82, 2.24) is 15.5 Å². The van der Waals surface area contributed by atoms with Crippen molar-refractivity contribution in [1.29, 1.82) is 0 Å². The second-order valence-electron chi connectivity index (χ2n) is 6.25. The molecule has 0 saturated heterocycles. The number of hydrogen-bond acceptors (Lipinski definition) is 2. The predicted molar refractivity (Wildman–Crippen MR) is 115 cm³/mol. The maximum Gasteiger partial charge on any atom is 0.224 e. The molecular formula is C21H27BrN4O. The normalized spacial score (nSPS) is 11.1. The zero-order chi connectivity index (χ0) is 19.5. The van der Waals surface area contributed by atoms with Crippen LogP contribution in [-0.4, -0.2) is 44.0 Å². The van der Waals surface area contributed by atoms with Gasteiger partial charge in [0.1, 0.15) is 0 Å². The predicted octanol–water partition coefficient (Wildman–Crippen LogP) is 3.21. The summed E-state index contributed by atoms with van der Waals surface area (Å²) in [7, 11) is 3.56. The zero-order valence-electron chi connectivity index (χ0n) is 15.9. The van der Waals surface area contributed by atoms with Crippen LogP contribution in [0.5, 0.6) is 0 Å². The molecule has 5 nitrogen and oxygen atoms in total. The smallest absolute Gasteiger partial charge is 0.224 e. The summed E-state index contributed by atoms with van der Waals surface area (Å²) in [4.78, 5) is 18.3. The minimum atomic E-state index is 0.0954. The van der Waals surface area contributed by atoms with Crippen molar-refractivity contribution in [3.63, 3.8) is 0 Å². The second kappa shape index (κ2) is 11.4. The fourth-order valence-electron chi connectivity index (χ4n) is 2.64. The van der Waals surface area contributed by atoms with Crippen molar-refractivity contribution in [2.24, 2.45) is 4.99 Å². The molecule has 0 atom stereocenters. The molecule has 144 valence electrons. The van der Waals surface area contributed by atoms with Gasteiger partial charge in [-0.05, 0) is 23.6 Å². The number of halogens is 1. The number of guanidine groups is 1. The molecule has 2 aromatic rings. The van der Waals surface area contributed by atoms with E-state index >= 15 is 0 Å². The number of carbonyl (C=O) groups is 1. The van der Waals surface area contributed by atoms with Crippen LogP contribution in [-0.2, 0) is 17.8 Å². The van der Waals surface area contributed by atoms with Gasteiger partial charge < -0.3 is 15.5 Å². The molecule has 6 heteroatoms. The van der Waals surface area contributed by atoms with Gasteiger partial charge >= 0.3 is 0 Å². The third-order valence-corrected chi connectivity index (χ3v) is 4.97. The average Bonchev–Trinajstić information content (AvgIpc) is 2.69. The molecule has 27 heavy (non-hydrogen) atoms. The minimum Gasteiger partial charge on any atom is -0.356 e. The summed E-state index contributed by atoms with van der Waals surface area (Å²) in [5, 5.41) is 6.47. The molecule has 1 amide bonds. The Bertz CT molecular complexity index is 749. The number of nitrogens with one attached hydrogen (secondary N) is 2. The summed E-state index contributed by atoms with van der Waals surface area (Å²) in [6, 6.07) is 18.3. The van der Waals surface area contributed by atoms with Gasteiger partial charge in [0.05, 0.1) is 0 Å². The molecule has 0 saturated carbocycles. The maximum atomic E-state index is 12.3. The number of benzene rings is 2. The van der Waals surface area contributed by atoms with Gasteiger partial charge in [-0.2, -0.15) is 0 Å². The molecule has 0 aromatic heterocycles. The van der Waals surface area contributed by atoms with E-state index in [1.165, 1.54) is 5.56 Å². The highest BCUT2D eigenvalue weighted by molar-refractivity contribution is 9.10. The SMILES string of the molecule is CN=C(NCCC(=O)N(C)Cc1ccccc1Br)NCCc1ccccc1. The Labute approximate surface area is 170 Å². The van der Waals surface area contributed by atoms with Crippen molar-refractivity contribution in [3.05, 3.63) is 70.2 Å². The van der Waals surface area contributed by atoms with E-state index < -0.39 is 0 Å². The summed E-state index contributed by atoms with van der Waals surface area (Å²) >= 11 is 3.52. The molecule has 0 aliphatic rings. The number of aliphatic imine (C=N–C) groups is 1. The molecule has 0 bridgehead atoms. The summed E-state index contributed by atoms with van der Waals surface area (Å²) in [6.07, 6.45) is 1.34. The first-order valence-electron chi connectivity index (χ1n) is 9.06. The van der Waals surface area contributed by atoms with Crippen LogP contribution >= 0.6 is 15.9 Å². The third-order valence-electron chi connectivity index (χ3n) is 4.19. The van der Waals surface area contributed by atoms with Crippen molar-refractivity contribution >= 4 is 27.8 Å². The minimum absolute atomic E-state index is 0.0954. The first-order valence-corrected chi connectivity index (χ1v) is 9.85. The standard InChI is InChI=1S/C21H27BrN4O/c1-23-21(24-14-12-17-8-4-3-5-9-17)25-15-13-20(27)26(2)16-18-10-6-7-11-19(18)22/h3-11H,12-16H2,1-2H3,(H2,23,24,25). The first-order chi connectivity index (χ1) is 13.1. The lowest BCUT2D eigenvalue weighted by atomic mass is 10.1. The summed E-state index contributed by atoms with van der Waals surface area (Å²) in [6.45, 7) is 1.92. The van der Waals surface area contributed by atoms with Gasteiger partial charge in [0, 0.05) is 44.6 Å². The maximum absolute atomic E-state index is 12.3. The summed E-state index contributed by atoms with van der Waals surface area (Å²) in [5.41, 5.74) is 2.38. The van der Waals surface area contributed by atoms with Crippen molar-refractivity contribution in [3.8, 4) is 0 Å². The van der Waals surface area contributed by atoms with E-state index in [1.807, 2.05) is 49.5 Å². The zero-order valence-corrected chi connectivity index (χ0v) is 17.5. The van der Waals surface area contributed by atoms with E-state index in [-0.39, 0.29) is 5.91 Å².